The molecule has 1 aromatic carbocycles. The Bertz CT molecular complexity index is 792. The van der Waals surface area contributed by atoms with Crippen LogP contribution in [0, 0.1) is 0 Å². The highest BCUT2D eigenvalue weighted by Crippen LogP contribution is 2.31. The van der Waals surface area contributed by atoms with Crippen molar-refractivity contribution < 1.29 is 17.9 Å². The van der Waals surface area contributed by atoms with Crippen LogP contribution in [-0.2, 0) is 10.2 Å². The van der Waals surface area contributed by atoms with Crippen molar-refractivity contribution in [3.8, 4) is 11.5 Å². The minimum Gasteiger partial charge on any atom is -0.497 e. The Morgan fingerprint density at radius 2 is 1.83 bits per heavy atom. The maximum atomic E-state index is 11.8. The van der Waals surface area contributed by atoms with Crippen LogP contribution in [0.4, 0.5) is 17.2 Å². The van der Waals surface area contributed by atoms with E-state index in [-0.39, 0.29) is 5.82 Å². The summed E-state index contributed by atoms with van der Waals surface area (Å²) in [5, 5.41) is 3.16. The van der Waals surface area contributed by atoms with Gasteiger partial charge in [-0.15, -0.1) is 0 Å². The number of anilines is 3. The van der Waals surface area contributed by atoms with Crippen molar-refractivity contribution in [2.24, 2.45) is 0 Å². The van der Waals surface area contributed by atoms with Crippen molar-refractivity contribution in [1.82, 2.24) is 9.29 Å². The van der Waals surface area contributed by atoms with Gasteiger partial charge in [-0.1, -0.05) is 0 Å². The number of nitrogens with zero attached hydrogens (tertiary/aromatic N) is 2. The van der Waals surface area contributed by atoms with Gasteiger partial charge >= 0.3 is 10.2 Å². The van der Waals surface area contributed by atoms with Gasteiger partial charge in [0, 0.05) is 20.2 Å². The van der Waals surface area contributed by atoms with Crippen LogP contribution in [0.2, 0.25) is 0 Å². The highest BCUT2D eigenvalue weighted by Gasteiger charge is 2.13. The van der Waals surface area contributed by atoms with E-state index in [1.54, 1.807) is 44.6 Å². The van der Waals surface area contributed by atoms with Gasteiger partial charge in [0.05, 0.1) is 31.8 Å². The van der Waals surface area contributed by atoms with Crippen molar-refractivity contribution >= 4 is 27.4 Å². The minimum atomic E-state index is -3.58. The average Bonchev–Trinajstić information content (AvgIpc) is 2.56. The highest BCUT2D eigenvalue weighted by molar-refractivity contribution is 7.90. The molecule has 2 rings (SSSR count). The molecule has 9 heteroatoms. The Morgan fingerprint density at radius 3 is 2.38 bits per heavy atom. The lowest BCUT2D eigenvalue weighted by Gasteiger charge is -2.14. The number of benzene rings is 1. The van der Waals surface area contributed by atoms with Gasteiger partial charge in [0.15, 0.2) is 0 Å². The van der Waals surface area contributed by atoms with Crippen LogP contribution in [0.5, 0.6) is 11.5 Å². The molecular formula is C15H20N4O4S. The largest absolute Gasteiger partial charge is 0.497 e. The molecule has 8 nitrogen and oxygen atoms in total. The number of nitrogens with one attached hydrogen (secondary N) is 2. The molecule has 24 heavy (non-hydrogen) atoms. The maximum absolute atomic E-state index is 11.8. The summed E-state index contributed by atoms with van der Waals surface area (Å²) >= 11 is 0. The van der Waals surface area contributed by atoms with Crippen molar-refractivity contribution in [3.05, 3.63) is 36.5 Å². The van der Waals surface area contributed by atoms with Crippen molar-refractivity contribution in [2.45, 2.75) is 0 Å². The second-order valence-electron chi connectivity index (χ2n) is 5.01. The summed E-state index contributed by atoms with van der Waals surface area (Å²) in [6.45, 7) is 0. The first kappa shape index (κ1) is 17.8. The normalized spacial score (nSPS) is 11.2. The van der Waals surface area contributed by atoms with E-state index in [1.165, 1.54) is 20.3 Å². The first-order chi connectivity index (χ1) is 11.4. The maximum Gasteiger partial charge on any atom is 0.302 e. The third-order valence-corrected chi connectivity index (χ3v) is 4.59. The topological polar surface area (TPSA) is 92.8 Å². The summed E-state index contributed by atoms with van der Waals surface area (Å²) < 4.78 is 37.4. The molecule has 0 amide bonds. The molecule has 0 spiro atoms. The fourth-order valence-corrected chi connectivity index (χ4v) is 2.39. The number of aromatic nitrogens is 1. The number of methoxy groups -OCH3 is 2. The molecule has 0 unspecified atom stereocenters. The summed E-state index contributed by atoms with van der Waals surface area (Å²) in [7, 11) is 2.45. The van der Waals surface area contributed by atoms with Gasteiger partial charge in [-0.25, -0.2) is 4.98 Å². The van der Waals surface area contributed by atoms with E-state index in [1.807, 2.05) is 0 Å². The number of pyridine rings is 1. The molecule has 1 heterocycles. The van der Waals surface area contributed by atoms with Gasteiger partial charge in [0.2, 0.25) is 0 Å². The van der Waals surface area contributed by atoms with Gasteiger partial charge in [-0.3, -0.25) is 4.72 Å². The third kappa shape index (κ3) is 4.27. The SMILES string of the molecule is COc1ccc(OC)c(Nc2ccc(NS(=O)(=O)N(C)C)nc2)c1. The van der Waals surface area contributed by atoms with Crippen molar-refractivity contribution in [2.75, 3.05) is 38.4 Å². The highest BCUT2D eigenvalue weighted by atomic mass is 32.2. The van der Waals surface area contributed by atoms with Crippen LogP contribution in [-0.4, -0.2) is 46.0 Å². The number of hydrogen-bond donors (Lipinski definition) is 2. The Kier molecular flexibility index (Phi) is 5.47. The van der Waals surface area contributed by atoms with Crippen LogP contribution in [0.25, 0.3) is 0 Å². The van der Waals surface area contributed by atoms with Crippen molar-refractivity contribution in [1.29, 1.82) is 0 Å². The number of rotatable bonds is 7. The third-order valence-electron chi connectivity index (χ3n) is 3.16. The fraction of sp³-hybridized carbons (Fsp3) is 0.267. The summed E-state index contributed by atoms with van der Waals surface area (Å²) in [5.74, 6) is 1.56. The number of ether oxygens (including phenoxy) is 2. The van der Waals surface area contributed by atoms with E-state index in [0.717, 1.165) is 4.31 Å². The lowest BCUT2D eigenvalue weighted by Crippen LogP contribution is -2.29. The molecule has 1 aromatic heterocycles. The summed E-state index contributed by atoms with van der Waals surface area (Å²) in [6.07, 6.45) is 1.52. The van der Waals surface area contributed by atoms with E-state index in [0.29, 0.717) is 22.9 Å². The second-order valence-corrected chi connectivity index (χ2v) is 6.90. The zero-order chi connectivity index (χ0) is 17.7. The lowest BCUT2D eigenvalue weighted by molar-refractivity contribution is 0.405. The molecule has 2 N–H and O–H groups in total. The van der Waals surface area contributed by atoms with Gasteiger partial charge in [-0.2, -0.15) is 12.7 Å². The zero-order valence-electron chi connectivity index (χ0n) is 13.9. The standard InChI is InChI=1S/C15H20N4O4S/c1-19(2)24(20,21)18-15-8-5-11(10-16-15)17-13-9-12(22-3)6-7-14(13)23-4/h5-10,17H,1-4H3,(H,16,18). The van der Waals surface area contributed by atoms with Crippen LogP contribution in [0.15, 0.2) is 36.5 Å². The Morgan fingerprint density at radius 1 is 1.08 bits per heavy atom. The quantitative estimate of drug-likeness (QED) is 0.792. The predicted molar refractivity (Wildman–Crippen MR) is 93.3 cm³/mol. The molecular weight excluding hydrogens is 332 g/mol. The molecule has 0 aliphatic heterocycles. The van der Waals surface area contributed by atoms with Crippen LogP contribution in [0.1, 0.15) is 0 Å². The van der Waals surface area contributed by atoms with E-state index >= 15 is 0 Å². The molecule has 0 fully saturated rings. The van der Waals surface area contributed by atoms with Crippen LogP contribution in [0.3, 0.4) is 0 Å². The summed E-state index contributed by atoms with van der Waals surface area (Å²) in [4.78, 5) is 4.09. The number of hydrogen-bond acceptors (Lipinski definition) is 6. The fourth-order valence-electron chi connectivity index (χ4n) is 1.82. The minimum absolute atomic E-state index is 0.229. The molecule has 2 aromatic rings. The first-order valence-electron chi connectivity index (χ1n) is 7.01. The zero-order valence-corrected chi connectivity index (χ0v) is 14.7. The monoisotopic (exact) mass is 352 g/mol. The van der Waals surface area contributed by atoms with Crippen LogP contribution >= 0.6 is 0 Å². The predicted octanol–water partition coefficient (Wildman–Crippen LogP) is 2.06. The molecule has 0 saturated carbocycles. The molecule has 0 aliphatic carbocycles. The van der Waals surface area contributed by atoms with Gasteiger partial charge in [-0.05, 0) is 24.3 Å². The van der Waals surface area contributed by atoms with Crippen LogP contribution < -0.4 is 19.5 Å². The molecule has 0 bridgehead atoms. The van der Waals surface area contributed by atoms with E-state index < -0.39 is 10.2 Å². The van der Waals surface area contributed by atoms with E-state index in [9.17, 15) is 8.42 Å². The Balaban J connectivity index is 2.18. The molecule has 0 aliphatic rings. The lowest BCUT2D eigenvalue weighted by atomic mass is 10.2. The Hall–Kier alpha value is -2.52. The van der Waals surface area contributed by atoms with E-state index in [2.05, 4.69) is 15.0 Å². The summed E-state index contributed by atoms with van der Waals surface area (Å²) in [5.41, 5.74) is 1.38. The molecule has 0 radical (unpaired) electrons. The smallest absolute Gasteiger partial charge is 0.302 e. The Labute approximate surface area is 141 Å². The average molecular weight is 352 g/mol. The molecule has 130 valence electrons. The van der Waals surface area contributed by atoms with Gasteiger partial charge in [0.1, 0.15) is 17.3 Å². The second kappa shape index (κ2) is 7.37. The van der Waals surface area contributed by atoms with Crippen molar-refractivity contribution in [3.63, 3.8) is 0 Å². The summed E-state index contributed by atoms with van der Waals surface area (Å²) in [6, 6.07) is 8.65. The molecule has 0 saturated heterocycles. The van der Waals surface area contributed by atoms with Gasteiger partial charge in [0.25, 0.3) is 0 Å². The first-order valence-corrected chi connectivity index (χ1v) is 8.45. The van der Waals surface area contributed by atoms with E-state index in [4.69, 9.17) is 9.47 Å². The molecule has 0 atom stereocenters. The van der Waals surface area contributed by atoms with Gasteiger partial charge < -0.3 is 14.8 Å².